The standard InChI is InChI=1S/C13H19NO5S/c1-3-11(9-15)14-20(17,18)12-7-5-10(6-8-12)13(16)19-4-2/h5-8,11,14-15H,3-4,9H2,1-2H3/t11-/m1/s1. The van der Waals surface area contributed by atoms with Crippen LogP contribution in [0.3, 0.4) is 0 Å². The maximum atomic E-state index is 12.0. The summed E-state index contributed by atoms with van der Waals surface area (Å²) >= 11 is 0. The second-order valence-corrected chi connectivity index (χ2v) is 5.87. The van der Waals surface area contributed by atoms with Gasteiger partial charge in [0.1, 0.15) is 0 Å². The average Bonchev–Trinajstić information content (AvgIpc) is 2.45. The number of hydrogen-bond acceptors (Lipinski definition) is 5. The van der Waals surface area contributed by atoms with Crippen LogP contribution in [0, 0.1) is 0 Å². The van der Waals surface area contributed by atoms with Crippen LogP contribution in [0.1, 0.15) is 30.6 Å². The zero-order valence-corrected chi connectivity index (χ0v) is 12.3. The predicted molar refractivity (Wildman–Crippen MR) is 73.9 cm³/mol. The maximum Gasteiger partial charge on any atom is 0.338 e. The fourth-order valence-corrected chi connectivity index (χ4v) is 2.83. The van der Waals surface area contributed by atoms with E-state index in [1.165, 1.54) is 24.3 Å². The molecule has 0 aliphatic heterocycles. The number of carbonyl (C=O) groups is 1. The van der Waals surface area contributed by atoms with E-state index in [1.54, 1.807) is 13.8 Å². The number of aliphatic hydroxyl groups is 1. The lowest BCUT2D eigenvalue weighted by atomic mass is 10.2. The number of ether oxygens (including phenoxy) is 1. The van der Waals surface area contributed by atoms with Crippen molar-refractivity contribution < 1.29 is 23.1 Å². The van der Waals surface area contributed by atoms with Crippen molar-refractivity contribution in [2.75, 3.05) is 13.2 Å². The highest BCUT2D eigenvalue weighted by Gasteiger charge is 2.19. The van der Waals surface area contributed by atoms with Gasteiger partial charge >= 0.3 is 5.97 Å². The van der Waals surface area contributed by atoms with Gasteiger partial charge in [-0.25, -0.2) is 17.9 Å². The Morgan fingerprint density at radius 1 is 1.30 bits per heavy atom. The molecule has 0 aromatic heterocycles. The van der Waals surface area contributed by atoms with Crippen molar-refractivity contribution in [2.45, 2.75) is 31.2 Å². The summed E-state index contributed by atoms with van der Waals surface area (Å²) in [6.07, 6.45) is 0.483. The van der Waals surface area contributed by atoms with Crippen molar-refractivity contribution in [3.8, 4) is 0 Å². The average molecular weight is 301 g/mol. The van der Waals surface area contributed by atoms with E-state index in [1.807, 2.05) is 0 Å². The third-order valence-electron chi connectivity index (χ3n) is 2.71. The molecule has 0 aliphatic carbocycles. The quantitative estimate of drug-likeness (QED) is 0.730. The molecule has 112 valence electrons. The Bertz CT molecular complexity index is 534. The topological polar surface area (TPSA) is 92.7 Å². The van der Waals surface area contributed by atoms with E-state index in [0.29, 0.717) is 12.0 Å². The van der Waals surface area contributed by atoms with Gasteiger partial charge in [-0.2, -0.15) is 0 Å². The van der Waals surface area contributed by atoms with Crippen molar-refractivity contribution in [3.05, 3.63) is 29.8 Å². The summed E-state index contributed by atoms with van der Waals surface area (Å²) in [7, 11) is -3.70. The monoisotopic (exact) mass is 301 g/mol. The molecule has 20 heavy (non-hydrogen) atoms. The molecule has 0 saturated carbocycles. The molecular formula is C13H19NO5S. The van der Waals surface area contributed by atoms with Crippen molar-refractivity contribution in [1.29, 1.82) is 0 Å². The molecule has 1 aromatic carbocycles. The van der Waals surface area contributed by atoms with E-state index in [4.69, 9.17) is 9.84 Å². The summed E-state index contributed by atoms with van der Waals surface area (Å²) in [6.45, 7) is 3.46. The summed E-state index contributed by atoms with van der Waals surface area (Å²) in [4.78, 5) is 11.5. The molecule has 0 bridgehead atoms. The largest absolute Gasteiger partial charge is 0.462 e. The first-order valence-electron chi connectivity index (χ1n) is 6.35. The SMILES string of the molecule is CCOC(=O)c1ccc(S(=O)(=O)N[C@H](CC)CO)cc1. The van der Waals surface area contributed by atoms with Crippen molar-refractivity contribution in [3.63, 3.8) is 0 Å². The van der Waals surface area contributed by atoms with Crippen LogP contribution in [-0.2, 0) is 14.8 Å². The van der Waals surface area contributed by atoms with E-state index < -0.39 is 22.0 Å². The van der Waals surface area contributed by atoms with Gasteiger partial charge in [-0.1, -0.05) is 6.92 Å². The van der Waals surface area contributed by atoms with Crippen LogP contribution < -0.4 is 4.72 Å². The molecule has 0 heterocycles. The normalized spacial score (nSPS) is 12.9. The lowest BCUT2D eigenvalue weighted by Crippen LogP contribution is -2.36. The Balaban J connectivity index is 2.89. The third kappa shape index (κ3) is 4.29. The zero-order valence-electron chi connectivity index (χ0n) is 11.5. The number of sulfonamides is 1. The number of carbonyl (C=O) groups excluding carboxylic acids is 1. The van der Waals surface area contributed by atoms with Gasteiger partial charge in [0.05, 0.1) is 23.7 Å². The van der Waals surface area contributed by atoms with Crippen LogP contribution in [0.4, 0.5) is 0 Å². The van der Waals surface area contributed by atoms with E-state index in [-0.39, 0.29) is 18.1 Å². The molecule has 0 fully saturated rings. The van der Waals surface area contributed by atoms with Gasteiger partial charge in [-0.05, 0) is 37.6 Å². The van der Waals surface area contributed by atoms with Crippen molar-refractivity contribution >= 4 is 16.0 Å². The fraction of sp³-hybridized carbons (Fsp3) is 0.462. The smallest absolute Gasteiger partial charge is 0.338 e. The Hall–Kier alpha value is -1.44. The summed E-state index contributed by atoms with van der Waals surface area (Å²) in [6, 6.07) is 4.93. The summed E-state index contributed by atoms with van der Waals surface area (Å²) in [5.41, 5.74) is 0.292. The molecule has 0 saturated heterocycles. The molecule has 0 aliphatic rings. The Morgan fingerprint density at radius 2 is 1.90 bits per heavy atom. The van der Waals surface area contributed by atoms with Crippen LogP contribution in [0.15, 0.2) is 29.2 Å². The molecule has 0 amide bonds. The highest BCUT2D eigenvalue weighted by atomic mass is 32.2. The van der Waals surface area contributed by atoms with E-state index >= 15 is 0 Å². The van der Waals surface area contributed by atoms with Crippen LogP contribution in [-0.4, -0.2) is 38.7 Å². The molecule has 0 spiro atoms. The number of hydrogen-bond donors (Lipinski definition) is 2. The minimum absolute atomic E-state index is 0.0393. The van der Waals surface area contributed by atoms with Crippen LogP contribution >= 0.6 is 0 Å². The van der Waals surface area contributed by atoms with Gasteiger partial charge in [-0.15, -0.1) is 0 Å². The first kappa shape index (κ1) is 16.6. The van der Waals surface area contributed by atoms with Gasteiger partial charge in [0.25, 0.3) is 0 Å². The molecule has 0 radical (unpaired) electrons. The number of rotatable bonds is 7. The van der Waals surface area contributed by atoms with Gasteiger partial charge in [0.2, 0.25) is 10.0 Å². The summed E-state index contributed by atoms with van der Waals surface area (Å²) in [5, 5.41) is 9.02. The van der Waals surface area contributed by atoms with Crippen LogP contribution in [0.25, 0.3) is 0 Å². The van der Waals surface area contributed by atoms with Gasteiger partial charge in [0, 0.05) is 6.04 Å². The molecule has 1 aromatic rings. The fourth-order valence-electron chi connectivity index (χ4n) is 1.52. The first-order chi connectivity index (χ1) is 9.44. The summed E-state index contributed by atoms with van der Waals surface area (Å²) in [5.74, 6) is -0.494. The lowest BCUT2D eigenvalue weighted by molar-refractivity contribution is 0.0526. The predicted octanol–water partition coefficient (Wildman–Crippen LogP) is 0.912. The van der Waals surface area contributed by atoms with Crippen LogP contribution in [0.2, 0.25) is 0 Å². The maximum absolute atomic E-state index is 12.0. The zero-order chi connectivity index (χ0) is 15.2. The van der Waals surface area contributed by atoms with E-state index in [2.05, 4.69) is 4.72 Å². The van der Waals surface area contributed by atoms with Gasteiger partial charge < -0.3 is 9.84 Å². The molecule has 2 N–H and O–H groups in total. The van der Waals surface area contributed by atoms with Crippen molar-refractivity contribution in [2.24, 2.45) is 0 Å². The molecule has 6 nitrogen and oxygen atoms in total. The lowest BCUT2D eigenvalue weighted by Gasteiger charge is -2.14. The highest BCUT2D eigenvalue weighted by Crippen LogP contribution is 2.12. The van der Waals surface area contributed by atoms with Crippen LogP contribution in [0.5, 0.6) is 0 Å². The molecule has 0 unspecified atom stereocenters. The minimum atomic E-state index is -3.70. The minimum Gasteiger partial charge on any atom is -0.462 e. The number of nitrogens with one attached hydrogen (secondary N) is 1. The molecular weight excluding hydrogens is 282 g/mol. The third-order valence-corrected chi connectivity index (χ3v) is 4.25. The molecule has 1 atom stereocenters. The first-order valence-corrected chi connectivity index (χ1v) is 7.83. The van der Waals surface area contributed by atoms with E-state index in [9.17, 15) is 13.2 Å². The molecule has 1 rings (SSSR count). The highest BCUT2D eigenvalue weighted by molar-refractivity contribution is 7.89. The van der Waals surface area contributed by atoms with Crippen molar-refractivity contribution in [1.82, 2.24) is 4.72 Å². The number of benzene rings is 1. The van der Waals surface area contributed by atoms with Gasteiger partial charge in [-0.3, -0.25) is 0 Å². The Morgan fingerprint density at radius 3 is 2.35 bits per heavy atom. The second-order valence-electron chi connectivity index (χ2n) is 4.15. The number of esters is 1. The Kier molecular flexibility index (Phi) is 6.12. The van der Waals surface area contributed by atoms with E-state index in [0.717, 1.165) is 0 Å². The number of aliphatic hydroxyl groups excluding tert-OH is 1. The Labute approximate surface area is 118 Å². The van der Waals surface area contributed by atoms with Gasteiger partial charge in [0.15, 0.2) is 0 Å². The second kappa shape index (κ2) is 7.37. The molecule has 7 heteroatoms. The summed E-state index contributed by atoms with van der Waals surface area (Å²) < 4.78 is 31.3.